The number of benzene rings is 1. The van der Waals surface area contributed by atoms with Crippen LogP contribution < -0.4 is 5.73 Å². The SMILES string of the molecule is CCc1ccc(CS(=O)CC(N)CC)cc1. The first-order valence-corrected chi connectivity index (χ1v) is 7.32. The zero-order valence-electron chi connectivity index (χ0n) is 10.1. The molecule has 0 aliphatic heterocycles. The Hall–Kier alpha value is -0.670. The fraction of sp³-hybridized carbons (Fsp3) is 0.538. The zero-order chi connectivity index (χ0) is 12.0. The lowest BCUT2D eigenvalue weighted by molar-refractivity contribution is 0.663. The van der Waals surface area contributed by atoms with Crippen molar-refractivity contribution in [2.45, 2.75) is 38.5 Å². The summed E-state index contributed by atoms with van der Waals surface area (Å²) in [4.78, 5) is 0. The predicted octanol–water partition coefficient (Wildman–Crippen LogP) is 2.24. The van der Waals surface area contributed by atoms with Crippen LogP contribution in [0.15, 0.2) is 24.3 Å². The smallest absolute Gasteiger partial charge is 0.0486 e. The van der Waals surface area contributed by atoms with Crippen molar-refractivity contribution < 1.29 is 4.21 Å². The Morgan fingerprint density at radius 1 is 1.19 bits per heavy atom. The second-order valence-electron chi connectivity index (χ2n) is 4.09. The van der Waals surface area contributed by atoms with Crippen LogP contribution in [0.3, 0.4) is 0 Å². The molecule has 0 fully saturated rings. The highest BCUT2D eigenvalue weighted by Crippen LogP contribution is 2.08. The molecule has 0 saturated heterocycles. The molecule has 0 aliphatic rings. The van der Waals surface area contributed by atoms with Crippen LogP contribution in [-0.2, 0) is 23.0 Å². The van der Waals surface area contributed by atoms with E-state index in [1.54, 1.807) is 0 Å². The van der Waals surface area contributed by atoms with Gasteiger partial charge in [0.15, 0.2) is 0 Å². The molecule has 0 aromatic heterocycles. The second-order valence-corrected chi connectivity index (χ2v) is 5.59. The molecule has 1 aromatic rings. The van der Waals surface area contributed by atoms with Crippen molar-refractivity contribution in [2.24, 2.45) is 5.73 Å². The van der Waals surface area contributed by atoms with E-state index in [0.29, 0.717) is 11.5 Å². The van der Waals surface area contributed by atoms with E-state index in [1.165, 1.54) is 5.56 Å². The lowest BCUT2D eigenvalue weighted by atomic mass is 10.1. The topological polar surface area (TPSA) is 43.1 Å². The summed E-state index contributed by atoms with van der Waals surface area (Å²) >= 11 is 0. The van der Waals surface area contributed by atoms with Gasteiger partial charge in [-0.1, -0.05) is 38.1 Å². The van der Waals surface area contributed by atoms with Gasteiger partial charge >= 0.3 is 0 Å². The fourth-order valence-electron chi connectivity index (χ4n) is 1.47. The Morgan fingerprint density at radius 2 is 1.75 bits per heavy atom. The first-order chi connectivity index (χ1) is 7.65. The van der Waals surface area contributed by atoms with Gasteiger partial charge in [0.05, 0.1) is 0 Å². The van der Waals surface area contributed by atoms with Crippen LogP contribution in [0.5, 0.6) is 0 Å². The first-order valence-electron chi connectivity index (χ1n) is 5.84. The van der Waals surface area contributed by atoms with E-state index in [9.17, 15) is 4.21 Å². The largest absolute Gasteiger partial charge is 0.327 e. The minimum absolute atomic E-state index is 0.0655. The van der Waals surface area contributed by atoms with Crippen LogP contribution in [-0.4, -0.2) is 16.0 Å². The van der Waals surface area contributed by atoms with Crippen molar-refractivity contribution in [3.05, 3.63) is 35.4 Å². The number of nitrogens with two attached hydrogens (primary N) is 1. The normalized spacial score (nSPS) is 14.7. The Balaban J connectivity index is 2.49. The Bertz CT molecular complexity index is 334. The molecule has 2 nitrogen and oxygen atoms in total. The van der Waals surface area contributed by atoms with Crippen LogP contribution in [0.25, 0.3) is 0 Å². The molecule has 0 bridgehead atoms. The van der Waals surface area contributed by atoms with Gasteiger partial charge in [-0.25, -0.2) is 0 Å². The minimum Gasteiger partial charge on any atom is -0.327 e. The van der Waals surface area contributed by atoms with Gasteiger partial charge in [0, 0.05) is 28.3 Å². The summed E-state index contributed by atoms with van der Waals surface area (Å²) in [5.41, 5.74) is 8.24. The molecule has 1 rings (SSSR count). The van der Waals surface area contributed by atoms with E-state index in [1.807, 2.05) is 6.92 Å². The van der Waals surface area contributed by atoms with E-state index in [2.05, 4.69) is 31.2 Å². The maximum atomic E-state index is 11.8. The van der Waals surface area contributed by atoms with Gasteiger partial charge in [0.2, 0.25) is 0 Å². The minimum atomic E-state index is -0.835. The van der Waals surface area contributed by atoms with Crippen molar-refractivity contribution in [2.75, 3.05) is 5.75 Å². The molecule has 1 aromatic carbocycles. The molecule has 2 unspecified atom stereocenters. The maximum absolute atomic E-state index is 11.8. The number of hydrogen-bond acceptors (Lipinski definition) is 2. The van der Waals surface area contributed by atoms with E-state index >= 15 is 0 Å². The van der Waals surface area contributed by atoms with Crippen LogP contribution in [0.2, 0.25) is 0 Å². The molecule has 2 N–H and O–H groups in total. The summed E-state index contributed by atoms with van der Waals surface area (Å²) in [6.07, 6.45) is 1.94. The van der Waals surface area contributed by atoms with E-state index in [4.69, 9.17) is 5.73 Å². The maximum Gasteiger partial charge on any atom is 0.0486 e. The first kappa shape index (κ1) is 13.4. The van der Waals surface area contributed by atoms with Crippen molar-refractivity contribution >= 4 is 10.8 Å². The average Bonchev–Trinajstić information content (AvgIpc) is 2.29. The highest BCUT2D eigenvalue weighted by molar-refractivity contribution is 7.84. The third-order valence-corrected chi connectivity index (χ3v) is 4.14. The standard InChI is InChI=1S/C13H21NOS/c1-3-11-5-7-12(8-6-11)9-16(15)10-13(14)4-2/h5-8,13H,3-4,9-10,14H2,1-2H3. The lowest BCUT2D eigenvalue weighted by Crippen LogP contribution is -2.26. The van der Waals surface area contributed by atoms with Crippen molar-refractivity contribution in [1.82, 2.24) is 0 Å². The summed E-state index contributed by atoms with van der Waals surface area (Å²) in [6, 6.07) is 8.40. The van der Waals surface area contributed by atoms with Gasteiger partial charge in [-0.3, -0.25) is 4.21 Å². The summed E-state index contributed by atoms with van der Waals surface area (Å²) in [5.74, 6) is 1.23. The van der Waals surface area contributed by atoms with E-state index < -0.39 is 10.8 Å². The number of hydrogen-bond donors (Lipinski definition) is 1. The molecule has 0 radical (unpaired) electrons. The van der Waals surface area contributed by atoms with Crippen molar-refractivity contribution in [1.29, 1.82) is 0 Å². The van der Waals surface area contributed by atoms with Gasteiger partial charge < -0.3 is 5.73 Å². The van der Waals surface area contributed by atoms with Gasteiger partial charge in [0.1, 0.15) is 0 Å². The fourth-order valence-corrected chi connectivity index (χ4v) is 2.87. The molecule has 0 aliphatic carbocycles. The van der Waals surface area contributed by atoms with Crippen molar-refractivity contribution in [3.8, 4) is 0 Å². The van der Waals surface area contributed by atoms with Crippen LogP contribution >= 0.6 is 0 Å². The molecule has 0 spiro atoms. The lowest BCUT2D eigenvalue weighted by Gasteiger charge is -2.08. The van der Waals surface area contributed by atoms with Crippen LogP contribution in [0.1, 0.15) is 31.4 Å². The van der Waals surface area contributed by atoms with Gasteiger partial charge in [-0.15, -0.1) is 0 Å². The molecular formula is C13H21NOS. The monoisotopic (exact) mass is 239 g/mol. The zero-order valence-corrected chi connectivity index (χ0v) is 10.9. The summed E-state index contributed by atoms with van der Waals surface area (Å²) in [5, 5.41) is 0. The highest BCUT2D eigenvalue weighted by Gasteiger charge is 2.06. The van der Waals surface area contributed by atoms with E-state index in [0.717, 1.165) is 18.4 Å². The molecule has 3 heteroatoms. The number of aryl methyl sites for hydroxylation is 1. The molecular weight excluding hydrogens is 218 g/mol. The van der Waals surface area contributed by atoms with Gasteiger partial charge in [0.25, 0.3) is 0 Å². The Kier molecular flexibility index (Phi) is 5.71. The Labute approximate surface area is 101 Å². The highest BCUT2D eigenvalue weighted by atomic mass is 32.2. The molecule has 16 heavy (non-hydrogen) atoms. The van der Waals surface area contributed by atoms with Gasteiger partial charge in [-0.2, -0.15) is 0 Å². The van der Waals surface area contributed by atoms with Crippen LogP contribution in [0, 0.1) is 0 Å². The molecule has 0 amide bonds. The molecule has 90 valence electrons. The molecule has 0 saturated carbocycles. The average molecular weight is 239 g/mol. The second kappa shape index (κ2) is 6.81. The van der Waals surface area contributed by atoms with Crippen LogP contribution in [0.4, 0.5) is 0 Å². The van der Waals surface area contributed by atoms with Gasteiger partial charge in [-0.05, 0) is 24.0 Å². The third kappa shape index (κ3) is 4.45. The number of rotatable bonds is 6. The summed E-state index contributed by atoms with van der Waals surface area (Å²) in [7, 11) is -0.835. The molecule has 0 heterocycles. The van der Waals surface area contributed by atoms with E-state index in [-0.39, 0.29) is 6.04 Å². The molecule has 2 atom stereocenters. The quantitative estimate of drug-likeness (QED) is 0.827. The third-order valence-electron chi connectivity index (χ3n) is 2.68. The Morgan fingerprint density at radius 3 is 2.25 bits per heavy atom. The summed E-state index contributed by atoms with van der Waals surface area (Å²) < 4.78 is 11.8. The van der Waals surface area contributed by atoms with Crippen molar-refractivity contribution in [3.63, 3.8) is 0 Å². The summed E-state index contributed by atoms with van der Waals surface area (Å²) in [6.45, 7) is 4.16. The predicted molar refractivity (Wildman–Crippen MR) is 70.8 cm³/mol.